The number of benzene rings is 1. The third-order valence-electron chi connectivity index (χ3n) is 2.47. The van der Waals surface area contributed by atoms with Crippen molar-refractivity contribution in [3.05, 3.63) is 42.0 Å². The number of methoxy groups -OCH3 is 1. The van der Waals surface area contributed by atoms with Crippen molar-refractivity contribution in [2.24, 2.45) is 0 Å². The fourth-order valence-electron chi connectivity index (χ4n) is 1.56. The van der Waals surface area contributed by atoms with Crippen LogP contribution >= 0.6 is 0 Å². The third-order valence-corrected chi connectivity index (χ3v) is 2.47. The summed E-state index contributed by atoms with van der Waals surface area (Å²) in [6, 6.07) is 7.31. The molecule has 0 spiro atoms. The van der Waals surface area contributed by atoms with Gasteiger partial charge in [0.05, 0.1) is 13.2 Å². The molecular weight excluding hydrogens is 218 g/mol. The first-order chi connectivity index (χ1) is 8.04. The summed E-state index contributed by atoms with van der Waals surface area (Å²) < 4.78 is 4.51. The van der Waals surface area contributed by atoms with Crippen LogP contribution in [0.3, 0.4) is 0 Å². The lowest BCUT2D eigenvalue weighted by atomic mass is 10.0. The summed E-state index contributed by atoms with van der Waals surface area (Å²) in [5, 5.41) is 9.82. The monoisotopic (exact) mass is 235 g/mol. The normalized spacial score (nSPS) is 11.9. The molecule has 0 aliphatic heterocycles. The Balaban J connectivity index is 2.56. The number of hydrogen-bond acceptors (Lipinski definition) is 4. The largest absolute Gasteiger partial charge is 0.466 e. The molecule has 4 nitrogen and oxygen atoms in total. The number of anilines is 1. The lowest BCUT2D eigenvalue weighted by Crippen LogP contribution is -2.16. The maximum Gasteiger partial charge on any atom is 0.333 e. The van der Waals surface area contributed by atoms with Crippen molar-refractivity contribution in [1.29, 1.82) is 0 Å². The van der Waals surface area contributed by atoms with Crippen LogP contribution in [0, 0.1) is 0 Å². The Morgan fingerprint density at radius 1 is 1.53 bits per heavy atom. The van der Waals surface area contributed by atoms with Crippen molar-refractivity contribution in [2.45, 2.75) is 18.9 Å². The molecule has 0 aliphatic rings. The highest BCUT2D eigenvalue weighted by Gasteiger charge is 2.14. The first kappa shape index (κ1) is 13.3. The van der Waals surface area contributed by atoms with Crippen LogP contribution in [0.5, 0.6) is 0 Å². The number of rotatable bonds is 5. The van der Waals surface area contributed by atoms with E-state index in [-0.39, 0.29) is 12.0 Å². The molecule has 1 aromatic carbocycles. The second kappa shape index (κ2) is 6.06. The Morgan fingerprint density at radius 3 is 2.76 bits per heavy atom. The van der Waals surface area contributed by atoms with Gasteiger partial charge in [0, 0.05) is 24.1 Å². The second-order valence-corrected chi connectivity index (χ2v) is 3.86. The number of carbonyl (C=O) groups is 1. The molecule has 0 aliphatic carbocycles. The van der Waals surface area contributed by atoms with Crippen LogP contribution in [0.25, 0.3) is 0 Å². The quantitative estimate of drug-likeness (QED) is 0.458. The average molecular weight is 235 g/mol. The topological polar surface area (TPSA) is 72.5 Å². The number of para-hydroxylation sites is 1. The molecule has 0 heterocycles. The van der Waals surface area contributed by atoms with E-state index >= 15 is 0 Å². The molecule has 0 aromatic heterocycles. The SMILES string of the molecule is C=C(CC(O)Cc1ccccc1N)C(=O)OC. The van der Waals surface area contributed by atoms with Crippen molar-refractivity contribution < 1.29 is 14.6 Å². The van der Waals surface area contributed by atoms with Crippen LogP contribution in [-0.2, 0) is 16.0 Å². The van der Waals surface area contributed by atoms with Crippen LogP contribution in [0.4, 0.5) is 5.69 Å². The molecule has 0 amide bonds. The second-order valence-electron chi connectivity index (χ2n) is 3.86. The summed E-state index contributed by atoms with van der Waals surface area (Å²) in [5.41, 5.74) is 7.51. The van der Waals surface area contributed by atoms with Crippen molar-refractivity contribution in [2.75, 3.05) is 12.8 Å². The fraction of sp³-hybridized carbons (Fsp3) is 0.308. The standard InChI is InChI=1S/C13H17NO3/c1-9(13(16)17-2)7-11(15)8-10-5-3-4-6-12(10)14/h3-6,11,15H,1,7-8,14H2,2H3. The Hall–Kier alpha value is -1.81. The number of hydrogen-bond donors (Lipinski definition) is 2. The number of nitrogen functional groups attached to an aromatic ring is 1. The number of esters is 1. The summed E-state index contributed by atoms with van der Waals surface area (Å²) in [7, 11) is 1.29. The maximum absolute atomic E-state index is 11.1. The number of nitrogens with two attached hydrogens (primary N) is 1. The molecule has 1 aromatic rings. The van der Waals surface area contributed by atoms with Crippen molar-refractivity contribution in [1.82, 2.24) is 0 Å². The highest BCUT2D eigenvalue weighted by molar-refractivity contribution is 5.87. The van der Waals surface area contributed by atoms with E-state index in [0.717, 1.165) is 5.56 Å². The third kappa shape index (κ3) is 3.92. The zero-order valence-electron chi connectivity index (χ0n) is 9.85. The summed E-state index contributed by atoms with van der Waals surface area (Å²) in [5.74, 6) is -0.495. The highest BCUT2D eigenvalue weighted by atomic mass is 16.5. The Kier molecular flexibility index (Phi) is 4.72. The lowest BCUT2D eigenvalue weighted by Gasteiger charge is -2.12. The van der Waals surface area contributed by atoms with E-state index in [1.54, 1.807) is 6.07 Å². The maximum atomic E-state index is 11.1. The highest BCUT2D eigenvalue weighted by Crippen LogP contribution is 2.16. The average Bonchev–Trinajstić information content (AvgIpc) is 2.31. The first-order valence-corrected chi connectivity index (χ1v) is 5.32. The van der Waals surface area contributed by atoms with E-state index in [1.807, 2.05) is 18.2 Å². The van der Waals surface area contributed by atoms with Gasteiger partial charge in [0.15, 0.2) is 0 Å². The van der Waals surface area contributed by atoms with Gasteiger partial charge >= 0.3 is 5.97 Å². The minimum absolute atomic E-state index is 0.182. The molecule has 0 fully saturated rings. The number of ether oxygens (including phenoxy) is 1. The molecule has 0 bridgehead atoms. The number of carbonyl (C=O) groups excluding carboxylic acids is 1. The predicted molar refractivity (Wildman–Crippen MR) is 66.3 cm³/mol. The first-order valence-electron chi connectivity index (χ1n) is 5.32. The van der Waals surface area contributed by atoms with Gasteiger partial charge in [-0.15, -0.1) is 0 Å². The zero-order chi connectivity index (χ0) is 12.8. The number of aliphatic hydroxyl groups is 1. The summed E-state index contributed by atoms with van der Waals surface area (Å²) in [6.07, 6.45) is -0.116. The Morgan fingerprint density at radius 2 is 2.18 bits per heavy atom. The van der Waals surface area contributed by atoms with Crippen LogP contribution in [0.2, 0.25) is 0 Å². The summed E-state index contributed by atoms with van der Waals surface area (Å²) in [4.78, 5) is 11.1. The van der Waals surface area contributed by atoms with E-state index in [1.165, 1.54) is 7.11 Å². The smallest absolute Gasteiger partial charge is 0.333 e. The molecule has 92 valence electrons. The minimum Gasteiger partial charge on any atom is -0.466 e. The van der Waals surface area contributed by atoms with E-state index in [9.17, 15) is 9.90 Å². The molecule has 0 radical (unpaired) electrons. The van der Waals surface area contributed by atoms with Crippen LogP contribution in [0.15, 0.2) is 36.4 Å². The van der Waals surface area contributed by atoms with Gasteiger partial charge in [-0.3, -0.25) is 0 Å². The van der Waals surface area contributed by atoms with E-state index in [2.05, 4.69) is 11.3 Å². The van der Waals surface area contributed by atoms with Gasteiger partial charge in [0.2, 0.25) is 0 Å². The lowest BCUT2D eigenvalue weighted by molar-refractivity contribution is -0.136. The number of aliphatic hydroxyl groups excluding tert-OH is 1. The van der Waals surface area contributed by atoms with Gasteiger partial charge in [0.25, 0.3) is 0 Å². The van der Waals surface area contributed by atoms with Crippen molar-refractivity contribution in [3.63, 3.8) is 0 Å². The van der Waals surface area contributed by atoms with Gasteiger partial charge in [-0.2, -0.15) is 0 Å². The van der Waals surface area contributed by atoms with Crippen LogP contribution in [0.1, 0.15) is 12.0 Å². The van der Waals surface area contributed by atoms with Gasteiger partial charge in [-0.1, -0.05) is 24.8 Å². The molecule has 0 saturated heterocycles. The summed E-state index contributed by atoms with van der Waals surface area (Å²) in [6.45, 7) is 3.56. The minimum atomic E-state index is -0.689. The molecule has 0 saturated carbocycles. The molecule has 4 heteroatoms. The molecule has 1 unspecified atom stereocenters. The molecular formula is C13H17NO3. The van der Waals surface area contributed by atoms with E-state index in [0.29, 0.717) is 12.1 Å². The van der Waals surface area contributed by atoms with Gasteiger partial charge in [-0.25, -0.2) is 4.79 Å². The molecule has 1 rings (SSSR count). The van der Waals surface area contributed by atoms with Crippen LogP contribution < -0.4 is 5.73 Å². The molecule has 17 heavy (non-hydrogen) atoms. The van der Waals surface area contributed by atoms with Crippen molar-refractivity contribution >= 4 is 11.7 Å². The van der Waals surface area contributed by atoms with Gasteiger partial charge in [-0.05, 0) is 11.6 Å². The van der Waals surface area contributed by atoms with Crippen molar-refractivity contribution in [3.8, 4) is 0 Å². The van der Waals surface area contributed by atoms with Crippen LogP contribution in [-0.4, -0.2) is 24.3 Å². The molecule has 3 N–H and O–H groups in total. The predicted octanol–water partition coefficient (Wildman–Crippen LogP) is 1.29. The van der Waals surface area contributed by atoms with Gasteiger partial charge in [0.1, 0.15) is 0 Å². The van der Waals surface area contributed by atoms with E-state index < -0.39 is 12.1 Å². The zero-order valence-corrected chi connectivity index (χ0v) is 9.85. The van der Waals surface area contributed by atoms with E-state index in [4.69, 9.17) is 5.73 Å². The Bertz CT molecular complexity index is 415. The molecule has 1 atom stereocenters. The van der Waals surface area contributed by atoms with Gasteiger partial charge < -0.3 is 15.6 Å². The Labute approximate surface area is 101 Å². The fourth-order valence-corrected chi connectivity index (χ4v) is 1.56. The summed E-state index contributed by atoms with van der Waals surface area (Å²) >= 11 is 0.